The molecular weight excluding hydrogens is 340 g/mol. The van der Waals surface area contributed by atoms with Crippen molar-refractivity contribution in [3.63, 3.8) is 0 Å². The highest BCUT2D eigenvalue weighted by molar-refractivity contribution is 14.1. The molecule has 0 aliphatic rings. The number of halogens is 4. The Kier molecular flexibility index (Phi) is 4.65. The van der Waals surface area contributed by atoms with E-state index in [0.717, 1.165) is 0 Å². The van der Waals surface area contributed by atoms with Gasteiger partial charge in [0.05, 0.1) is 5.56 Å². The van der Waals surface area contributed by atoms with E-state index < -0.39 is 18.4 Å². The fraction of sp³-hybridized carbons (Fsp3) is 0.250. The van der Waals surface area contributed by atoms with Crippen molar-refractivity contribution in [2.45, 2.75) is 0 Å². The largest absolute Gasteiger partial charge is 0.349 e. The zero-order valence-electron chi connectivity index (χ0n) is 7.36. The molecule has 0 unspecified atom stereocenters. The van der Waals surface area contributed by atoms with E-state index >= 15 is 0 Å². The number of hydrogen-bond donors (Lipinski definition) is 1. The number of hydrogen-bond acceptors (Lipinski definition) is 2. The Labute approximate surface area is 103 Å². The third-order valence-electron chi connectivity index (χ3n) is 1.54. The van der Waals surface area contributed by atoms with Crippen molar-refractivity contribution in [2.75, 3.05) is 13.2 Å². The molecule has 0 fully saturated rings. The van der Waals surface area contributed by atoms with Gasteiger partial charge >= 0.3 is 0 Å². The fourth-order valence-corrected chi connectivity index (χ4v) is 1.66. The highest BCUT2D eigenvalue weighted by Crippen LogP contribution is 2.20. The minimum atomic E-state index is -0.889. The predicted octanol–water partition coefficient (Wildman–Crippen LogP) is 2.18. The van der Waals surface area contributed by atoms with Crippen LogP contribution in [-0.2, 0) is 0 Å². The first-order chi connectivity index (χ1) is 7.07. The summed E-state index contributed by atoms with van der Waals surface area (Å²) in [5.74, 6) is -1.58. The van der Waals surface area contributed by atoms with E-state index in [4.69, 9.17) is 11.6 Å². The van der Waals surface area contributed by atoms with E-state index in [2.05, 4.69) is 10.3 Å². The SMILES string of the molecule is O=C(NCCF)c1c(I)cnc(Cl)c1F. The first-order valence-corrected chi connectivity index (χ1v) is 5.37. The lowest BCUT2D eigenvalue weighted by Crippen LogP contribution is -2.27. The van der Waals surface area contributed by atoms with Gasteiger partial charge < -0.3 is 5.32 Å². The molecular formula is C8H6ClF2IN2O. The summed E-state index contributed by atoms with van der Waals surface area (Å²) < 4.78 is 25.5. The normalized spacial score (nSPS) is 10.1. The minimum absolute atomic E-state index is 0.158. The Bertz CT molecular complexity index is 389. The lowest BCUT2D eigenvalue weighted by molar-refractivity contribution is 0.0945. The summed E-state index contributed by atoms with van der Waals surface area (Å²) in [6.45, 7) is -0.864. The monoisotopic (exact) mass is 346 g/mol. The molecule has 0 aliphatic carbocycles. The second-order valence-electron chi connectivity index (χ2n) is 2.53. The van der Waals surface area contributed by atoms with Crippen LogP contribution in [0.3, 0.4) is 0 Å². The van der Waals surface area contributed by atoms with Gasteiger partial charge in [-0.05, 0) is 22.6 Å². The Morgan fingerprint density at radius 2 is 2.33 bits per heavy atom. The van der Waals surface area contributed by atoms with Crippen LogP contribution in [0.2, 0.25) is 5.15 Å². The maximum Gasteiger partial charge on any atom is 0.255 e. The van der Waals surface area contributed by atoms with Gasteiger partial charge in [-0.1, -0.05) is 11.6 Å². The lowest BCUT2D eigenvalue weighted by Gasteiger charge is -2.06. The van der Waals surface area contributed by atoms with Gasteiger partial charge in [-0.15, -0.1) is 0 Å². The maximum atomic E-state index is 13.4. The zero-order chi connectivity index (χ0) is 11.4. The summed E-state index contributed by atoms with van der Waals surface area (Å²) in [7, 11) is 0. The van der Waals surface area contributed by atoms with Crippen molar-refractivity contribution < 1.29 is 13.6 Å². The zero-order valence-corrected chi connectivity index (χ0v) is 10.3. The van der Waals surface area contributed by atoms with Crippen molar-refractivity contribution >= 4 is 40.1 Å². The topological polar surface area (TPSA) is 42.0 Å². The molecule has 0 spiro atoms. The van der Waals surface area contributed by atoms with Gasteiger partial charge in [0.15, 0.2) is 11.0 Å². The molecule has 1 aromatic heterocycles. The Morgan fingerprint density at radius 1 is 1.67 bits per heavy atom. The predicted molar refractivity (Wildman–Crippen MR) is 60.2 cm³/mol. The maximum absolute atomic E-state index is 13.4. The van der Waals surface area contributed by atoms with E-state index in [0.29, 0.717) is 3.57 Å². The average molecular weight is 347 g/mol. The molecule has 0 atom stereocenters. The standard InChI is InChI=1S/C8H6ClF2IN2O/c9-7-6(11)5(4(12)3-14-7)8(15)13-2-1-10/h3H,1-2H2,(H,13,15). The van der Waals surface area contributed by atoms with Gasteiger partial charge in [-0.25, -0.2) is 13.8 Å². The van der Waals surface area contributed by atoms with Gasteiger partial charge in [0, 0.05) is 16.3 Å². The first kappa shape index (κ1) is 12.6. The van der Waals surface area contributed by atoms with E-state index in [1.807, 2.05) is 0 Å². The van der Waals surface area contributed by atoms with Crippen LogP contribution < -0.4 is 5.32 Å². The smallest absolute Gasteiger partial charge is 0.255 e. The molecule has 7 heteroatoms. The highest BCUT2D eigenvalue weighted by Gasteiger charge is 2.18. The van der Waals surface area contributed by atoms with E-state index in [9.17, 15) is 13.6 Å². The number of pyridine rings is 1. The van der Waals surface area contributed by atoms with Crippen molar-refractivity contribution in [1.82, 2.24) is 10.3 Å². The van der Waals surface area contributed by atoms with Gasteiger partial charge in [0.25, 0.3) is 5.91 Å². The van der Waals surface area contributed by atoms with E-state index in [1.54, 1.807) is 22.6 Å². The summed E-state index contributed by atoms with van der Waals surface area (Å²) in [5.41, 5.74) is -0.205. The molecule has 0 saturated carbocycles. The Morgan fingerprint density at radius 3 is 2.93 bits per heavy atom. The van der Waals surface area contributed by atoms with Crippen LogP contribution in [0.4, 0.5) is 8.78 Å². The van der Waals surface area contributed by atoms with Crippen molar-refractivity contribution in [3.8, 4) is 0 Å². The van der Waals surface area contributed by atoms with Crippen molar-refractivity contribution in [2.24, 2.45) is 0 Å². The number of nitrogens with one attached hydrogen (secondary N) is 1. The van der Waals surface area contributed by atoms with Crippen LogP contribution in [-0.4, -0.2) is 24.1 Å². The number of rotatable bonds is 3. The highest BCUT2D eigenvalue weighted by atomic mass is 127. The second kappa shape index (κ2) is 5.55. The average Bonchev–Trinajstić information content (AvgIpc) is 2.21. The number of carbonyl (C=O) groups is 1. The number of aromatic nitrogens is 1. The molecule has 0 saturated heterocycles. The molecule has 1 amide bonds. The van der Waals surface area contributed by atoms with Gasteiger partial charge in [0.1, 0.15) is 6.67 Å². The van der Waals surface area contributed by atoms with Crippen LogP contribution in [0.25, 0.3) is 0 Å². The van der Waals surface area contributed by atoms with Crippen LogP contribution in [0.1, 0.15) is 10.4 Å². The summed E-state index contributed by atoms with van der Waals surface area (Å²) in [5, 5.41) is 1.84. The fourth-order valence-electron chi connectivity index (χ4n) is 0.900. The molecule has 1 N–H and O–H groups in total. The Hall–Kier alpha value is -0.500. The molecule has 1 rings (SSSR count). The van der Waals surface area contributed by atoms with E-state index in [-0.39, 0.29) is 17.3 Å². The van der Waals surface area contributed by atoms with Gasteiger partial charge in [-0.2, -0.15) is 0 Å². The molecule has 3 nitrogen and oxygen atoms in total. The minimum Gasteiger partial charge on any atom is -0.349 e. The molecule has 15 heavy (non-hydrogen) atoms. The van der Waals surface area contributed by atoms with Gasteiger partial charge in [0.2, 0.25) is 0 Å². The first-order valence-electron chi connectivity index (χ1n) is 3.91. The Balaban J connectivity index is 3.02. The molecule has 0 bridgehead atoms. The van der Waals surface area contributed by atoms with Gasteiger partial charge in [-0.3, -0.25) is 4.79 Å². The van der Waals surface area contributed by atoms with Crippen LogP contribution in [0.15, 0.2) is 6.20 Å². The van der Waals surface area contributed by atoms with Crippen LogP contribution in [0, 0.1) is 9.39 Å². The summed E-state index contributed by atoms with van der Waals surface area (Å²) in [4.78, 5) is 14.9. The third-order valence-corrected chi connectivity index (χ3v) is 2.62. The second-order valence-corrected chi connectivity index (χ2v) is 4.05. The number of amides is 1. The molecule has 1 heterocycles. The quantitative estimate of drug-likeness (QED) is 0.673. The molecule has 1 aromatic rings. The number of carbonyl (C=O) groups excluding carboxylic acids is 1. The van der Waals surface area contributed by atoms with Crippen molar-refractivity contribution in [3.05, 3.63) is 26.3 Å². The summed E-state index contributed by atoms with van der Waals surface area (Å²) in [6, 6.07) is 0. The molecule has 0 aromatic carbocycles. The molecule has 82 valence electrons. The van der Waals surface area contributed by atoms with E-state index in [1.165, 1.54) is 6.20 Å². The third kappa shape index (κ3) is 2.97. The number of nitrogens with zero attached hydrogens (tertiary/aromatic N) is 1. The summed E-state index contributed by atoms with van der Waals surface area (Å²) in [6.07, 6.45) is 1.27. The number of alkyl halides is 1. The van der Waals surface area contributed by atoms with Crippen LogP contribution in [0.5, 0.6) is 0 Å². The van der Waals surface area contributed by atoms with Crippen LogP contribution >= 0.6 is 34.2 Å². The van der Waals surface area contributed by atoms with Crippen molar-refractivity contribution in [1.29, 1.82) is 0 Å². The lowest BCUT2D eigenvalue weighted by atomic mass is 10.2. The summed E-state index contributed by atoms with van der Waals surface area (Å²) >= 11 is 7.17. The molecule has 0 radical (unpaired) electrons. The molecule has 0 aliphatic heterocycles.